The van der Waals surface area contributed by atoms with Gasteiger partial charge in [0.05, 0.1) is 0 Å². The molecule has 2 aromatic rings. The van der Waals surface area contributed by atoms with Crippen molar-refractivity contribution in [3.63, 3.8) is 0 Å². The molecule has 0 amide bonds. The molecular formula is C11H16Cl2N2O. The van der Waals surface area contributed by atoms with Gasteiger partial charge in [0.15, 0.2) is 11.5 Å². The maximum atomic E-state index is 5.59. The zero-order chi connectivity index (χ0) is 10.1. The predicted molar refractivity (Wildman–Crippen MR) is 72.1 cm³/mol. The summed E-state index contributed by atoms with van der Waals surface area (Å²) in [5, 5.41) is 3.08. The van der Waals surface area contributed by atoms with E-state index in [4.69, 9.17) is 4.42 Å². The van der Waals surface area contributed by atoms with E-state index in [2.05, 4.69) is 24.1 Å². The van der Waals surface area contributed by atoms with E-state index in [0.29, 0.717) is 5.92 Å². The molecule has 0 spiro atoms. The first-order valence-corrected chi connectivity index (χ1v) is 4.79. The molecule has 0 atom stereocenters. The zero-order valence-electron chi connectivity index (χ0n) is 9.48. The van der Waals surface area contributed by atoms with E-state index in [1.54, 1.807) is 0 Å². The number of halogens is 2. The Kier molecular flexibility index (Phi) is 5.62. The van der Waals surface area contributed by atoms with E-state index >= 15 is 0 Å². The van der Waals surface area contributed by atoms with Crippen LogP contribution in [-0.4, -0.2) is 12.0 Å². The van der Waals surface area contributed by atoms with Crippen molar-refractivity contribution in [2.24, 2.45) is 0 Å². The number of rotatable bonds is 2. The van der Waals surface area contributed by atoms with Crippen LogP contribution in [0.2, 0.25) is 0 Å². The fourth-order valence-electron chi connectivity index (χ4n) is 1.35. The Morgan fingerprint density at radius 3 is 2.50 bits per heavy atom. The highest BCUT2D eigenvalue weighted by Crippen LogP contribution is 2.23. The third-order valence-electron chi connectivity index (χ3n) is 2.19. The van der Waals surface area contributed by atoms with Crippen LogP contribution >= 0.6 is 24.8 Å². The topological polar surface area (TPSA) is 38.1 Å². The van der Waals surface area contributed by atoms with E-state index < -0.39 is 0 Å². The van der Waals surface area contributed by atoms with Gasteiger partial charge in [-0.1, -0.05) is 13.8 Å². The lowest BCUT2D eigenvalue weighted by atomic mass is 10.2. The summed E-state index contributed by atoms with van der Waals surface area (Å²) in [6.45, 7) is 4.15. The van der Waals surface area contributed by atoms with Crippen LogP contribution in [-0.2, 0) is 0 Å². The molecule has 0 aliphatic rings. The molecule has 0 aliphatic heterocycles. The fourth-order valence-corrected chi connectivity index (χ4v) is 1.35. The van der Waals surface area contributed by atoms with Gasteiger partial charge in [0, 0.05) is 18.7 Å². The molecule has 0 saturated heterocycles. The molecule has 0 bridgehead atoms. The Morgan fingerprint density at radius 2 is 1.94 bits per heavy atom. The lowest BCUT2D eigenvalue weighted by Gasteiger charge is -1.96. The van der Waals surface area contributed by atoms with Crippen LogP contribution in [0.4, 0.5) is 5.69 Å². The van der Waals surface area contributed by atoms with Gasteiger partial charge in [-0.05, 0) is 18.2 Å². The molecule has 1 N–H and O–H groups in total. The molecular weight excluding hydrogens is 247 g/mol. The van der Waals surface area contributed by atoms with Crippen LogP contribution in [0.1, 0.15) is 25.7 Å². The summed E-state index contributed by atoms with van der Waals surface area (Å²) in [5.41, 5.74) is 2.83. The minimum Gasteiger partial charge on any atom is -0.440 e. The molecule has 0 radical (unpaired) electrons. The summed E-state index contributed by atoms with van der Waals surface area (Å²) >= 11 is 0. The quantitative estimate of drug-likeness (QED) is 0.894. The van der Waals surface area contributed by atoms with Crippen molar-refractivity contribution < 1.29 is 4.42 Å². The minimum atomic E-state index is 0. The van der Waals surface area contributed by atoms with Crippen LogP contribution in [0, 0.1) is 0 Å². The molecule has 0 fully saturated rings. The third-order valence-corrected chi connectivity index (χ3v) is 2.19. The summed E-state index contributed by atoms with van der Waals surface area (Å²) < 4.78 is 5.59. The normalized spacial score (nSPS) is 9.75. The predicted octanol–water partition coefficient (Wildman–Crippen LogP) is 3.84. The van der Waals surface area contributed by atoms with Gasteiger partial charge in [0.1, 0.15) is 5.52 Å². The molecule has 2 rings (SSSR count). The monoisotopic (exact) mass is 262 g/mol. The Hall–Kier alpha value is -0.930. The Morgan fingerprint density at radius 1 is 1.25 bits per heavy atom. The minimum absolute atomic E-state index is 0. The third kappa shape index (κ3) is 2.80. The second kappa shape index (κ2) is 5.97. The number of fused-ring (bicyclic) bond motifs is 1. The van der Waals surface area contributed by atoms with Crippen molar-refractivity contribution >= 4 is 41.6 Å². The average molecular weight is 263 g/mol. The number of nitrogens with zero attached hydrogens (tertiary/aromatic N) is 1. The van der Waals surface area contributed by atoms with E-state index in [-0.39, 0.29) is 24.8 Å². The number of benzene rings is 1. The molecule has 90 valence electrons. The second-order valence-electron chi connectivity index (χ2n) is 3.64. The van der Waals surface area contributed by atoms with Gasteiger partial charge in [-0.15, -0.1) is 24.8 Å². The maximum absolute atomic E-state index is 5.59. The molecule has 0 aliphatic carbocycles. The molecule has 3 nitrogen and oxygen atoms in total. The number of aromatic nitrogens is 1. The number of hydrogen-bond donors (Lipinski definition) is 1. The SMILES string of the molecule is CNc1ccc2oc(C(C)C)nc2c1.Cl.Cl. The fraction of sp³-hybridized carbons (Fsp3) is 0.364. The molecule has 1 aromatic heterocycles. The first-order chi connectivity index (χ1) is 6.70. The van der Waals surface area contributed by atoms with Gasteiger partial charge in [-0.25, -0.2) is 4.98 Å². The molecule has 5 heteroatoms. The van der Waals surface area contributed by atoms with Crippen molar-refractivity contribution in [3.8, 4) is 0 Å². The highest BCUT2D eigenvalue weighted by molar-refractivity contribution is 5.85. The highest BCUT2D eigenvalue weighted by atomic mass is 35.5. The zero-order valence-corrected chi connectivity index (χ0v) is 11.1. The smallest absolute Gasteiger partial charge is 0.198 e. The van der Waals surface area contributed by atoms with E-state index in [1.165, 1.54) is 0 Å². The van der Waals surface area contributed by atoms with Crippen LogP contribution in [0.3, 0.4) is 0 Å². The van der Waals surface area contributed by atoms with Crippen LogP contribution in [0.15, 0.2) is 22.6 Å². The number of anilines is 1. The van der Waals surface area contributed by atoms with Crippen LogP contribution < -0.4 is 5.32 Å². The molecule has 0 unspecified atom stereocenters. The summed E-state index contributed by atoms with van der Waals surface area (Å²) in [4.78, 5) is 4.41. The van der Waals surface area contributed by atoms with Gasteiger partial charge in [-0.3, -0.25) is 0 Å². The highest BCUT2D eigenvalue weighted by Gasteiger charge is 2.08. The van der Waals surface area contributed by atoms with Crippen molar-refractivity contribution in [2.75, 3.05) is 12.4 Å². The van der Waals surface area contributed by atoms with Crippen LogP contribution in [0.5, 0.6) is 0 Å². The van der Waals surface area contributed by atoms with E-state index in [0.717, 1.165) is 22.7 Å². The van der Waals surface area contributed by atoms with Crippen molar-refractivity contribution in [2.45, 2.75) is 19.8 Å². The van der Waals surface area contributed by atoms with Gasteiger partial charge < -0.3 is 9.73 Å². The summed E-state index contributed by atoms with van der Waals surface area (Å²) in [7, 11) is 1.89. The Labute approximate surface area is 107 Å². The molecule has 16 heavy (non-hydrogen) atoms. The van der Waals surface area contributed by atoms with Crippen molar-refractivity contribution in [1.29, 1.82) is 0 Å². The summed E-state index contributed by atoms with van der Waals surface area (Å²) in [6, 6.07) is 5.92. The maximum Gasteiger partial charge on any atom is 0.198 e. The average Bonchev–Trinajstić information content (AvgIpc) is 2.59. The standard InChI is InChI=1S/C11H14N2O.2ClH/c1-7(2)11-13-9-6-8(12-3)4-5-10(9)14-11;;/h4-7,12H,1-3H3;2*1H. The van der Waals surface area contributed by atoms with Crippen LogP contribution in [0.25, 0.3) is 11.1 Å². The van der Waals surface area contributed by atoms with Gasteiger partial charge >= 0.3 is 0 Å². The van der Waals surface area contributed by atoms with Crippen molar-refractivity contribution in [1.82, 2.24) is 4.98 Å². The lowest BCUT2D eigenvalue weighted by Crippen LogP contribution is -1.87. The molecule has 1 aromatic carbocycles. The first kappa shape index (κ1) is 15.1. The van der Waals surface area contributed by atoms with Gasteiger partial charge in [0.25, 0.3) is 0 Å². The van der Waals surface area contributed by atoms with E-state index in [9.17, 15) is 0 Å². The number of nitrogens with one attached hydrogen (secondary N) is 1. The lowest BCUT2D eigenvalue weighted by molar-refractivity contribution is 0.501. The second-order valence-corrected chi connectivity index (χ2v) is 3.64. The summed E-state index contributed by atoms with van der Waals surface area (Å²) in [6.07, 6.45) is 0. The number of hydrogen-bond acceptors (Lipinski definition) is 3. The van der Waals surface area contributed by atoms with Crippen molar-refractivity contribution in [3.05, 3.63) is 24.1 Å². The Balaban J connectivity index is 0.00000112. The largest absolute Gasteiger partial charge is 0.440 e. The Bertz CT molecular complexity index is 454. The number of oxazole rings is 1. The molecule has 0 saturated carbocycles. The van der Waals surface area contributed by atoms with Gasteiger partial charge in [-0.2, -0.15) is 0 Å². The summed E-state index contributed by atoms with van der Waals surface area (Å²) in [5.74, 6) is 1.13. The molecule has 1 heterocycles. The van der Waals surface area contributed by atoms with Gasteiger partial charge in [0.2, 0.25) is 0 Å². The first-order valence-electron chi connectivity index (χ1n) is 4.79. The van der Waals surface area contributed by atoms with E-state index in [1.807, 2.05) is 25.2 Å².